The maximum atomic E-state index is 13.8. The van der Waals surface area contributed by atoms with Crippen LogP contribution in [0.15, 0.2) is 41.7 Å². The normalized spacial score (nSPS) is 18.7. The Hall–Kier alpha value is -3.43. The zero-order valence-corrected chi connectivity index (χ0v) is 19.7. The average molecular weight is 481 g/mol. The Morgan fingerprint density at radius 3 is 2.82 bits per heavy atom. The number of hydrogen-bond donors (Lipinski definition) is 4. The van der Waals surface area contributed by atoms with Gasteiger partial charge in [0.25, 0.3) is 0 Å². The van der Waals surface area contributed by atoms with Crippen LogP contribution in [0, 0.1) is 19.7 Å². The molecule has 3 heterocycles. The Labute approximate surface area is 201 Å². The zero-order chi connectivity index (χ0) is 24.0. The molecule has 4 aromatic rings. The summed E-state index contributed by atoms with van der Waals surface area (Å²) in [5, 5.41) is 15.9. The molecular formula is C24H26ClFN8. The lowest BCUT2D eigenvalue weighted by Crippen LogP contribution is -2.24. The number of nitrogens with one attached hydrogen (secondary N) is 2. The summed E-state index contributed by atoms with van der Waals surface area (Å²) < 4.78 is 15.6. The lowest BCUT2D eigenvalue weighted by atomic mass is 10.1. The van der Waals surface area contributed by atoms with Crippen molar-refractivity contribution in [3.05, 3.63) is 64.5 Å². The van der Waals surface area contributed by atoms with Gasteiger partial charge in [0.1, 0.15) is 11.7 Å². The van der Waals surface area contributed by atoms with Crippen LogP contribution in [0.1, 0.15) is 36.2 Å². The highest BCUT2D eigenvalue weighted by Crippen LogP contribution is 2.34. The van der Waals surface area contributed by atoms with E-state index in [1.54, 1.807) is 6.20 Å². The summed E-state index contributed by atoms with van der Waals surface area (Å²) in [7, 11) is 0. The minimum atomic E-state index is -0.440. The number of hydrogen-bond acceptors (Lipinski definition) is 5. The number of fused-ring (bicyclic) bond motifs is 1. The van der Waals surface area contributed by atoms with Crippen molar-refractivity contribution in [2.24, 2.45) is 16.5 Å². The summed E-state index contributed by atoms with van der Waals surface area (Å²) in [6, 6.07) is 6.41. The molecule has 5 rings (SSSR count). The maximum absolute atomic E-state index is 13.8. The number of aryl methyl sites for hydroxylation is 2. The van der Waals surface area contributed by atoms with Crippen LogP contribution in [-0.4, -0.2) is 37.7 Å². The second-order valence-corrected chi connectivity index (χ2v) is 9.22. The molecule has 6 N–H and O–H groups in total. The molecular weight excluding hydrogens is 455 g/mol. The smallest absolute Gasteiger partial charge is 0.135 e. The number of aromatic amines is 1. The van der Waals surface area contributed by atoms with Crippen molar-refractivity contribution in [1.29, 1.82) is 0 Å². The number of aromatic nitrogens is 4. The molecule has 1 fully saturated rings. The van der Waals surface area contributed by atoms with E-state index in [4.69, 9.17) is 23.1 Å². The van der Waals surface area contributed by atoms with Crippen molar-refractivity contribution in [2.75, 3.05) is 5.32 Å². The summed E-state index contributed by atoms with van der Waals surface area (Å²) in [4.78, 5) is 4.43. The lowest BCUT2D eigenvalue weighted by Gasteiger charge is -2.18. The van der Waals surface area contributed by atoms with E-state index in [2.05, 4.69) is 31.7 Å². The first-order valence-corrected chi connectivity index (χ1v) is 11.5. The van der Waals surface area contributed by atoms with Crippen LogP contribution in [0.25, 0.3) is 16.6 Å². The Bertz CT molecular complexity index is 1390. The van der Waals surface area contributed by atoms with Gasteiger partial charge in [0.05, 0.1) is 39.4 Å². The fourth-order valence-electron chi connectivity index (χ4n) is 4.63. The van der Waals surface area contributed by atoms with Crippen molar-refractivity contribution in [3.63, 3.8) is 0 Å². The van der Waals surface area contributed by atoms with Gasteiger partial charge in [-0.2, -0.15) is 10.2 Å². The molecule has 1 aliphatic rings. The Morgan fingerprint density at radius 1 is 1.29 bits per heavy atom. The molecule has 0 unspecified atom stereocenters. The van der Waals surface area contributed by atoms with Gasteiger partial charge in [-0.25, -0.2) is 13.9 Å². The summed E-state index contributed by atoms with van der Waals surface area (Å²) in [5.74, 6) is -0.254. The highest BCUT2D eigenvalue weighted by molar-refractivity contribution is 6.33. The minimum Gasteiger partial charge on any atom is -0.383 e. The van der Waals surface area contributed by atoms with Gasteiger partial charge in [-0.15, -0.1) is 0 Å². The van der Waals surface area contributed by atoms with Gasteiger partial charge in [0, 0.05) is 41.2 Å². The first-order valence-electron chi connectivity index (χ1n) is 11.1. The number of nitrogens with zero attached hydrogens (tertiary/aromatic N) is 4. The van der Waals surface area contributed by atoms with E-state index in [0.29, 0.717) is 10.6 Å². The molecule has 3 aromatic heterocycles. The van der Waals surface area contributed by atoms with E-state index < -0.39 is 5.82 Å². The van der Waals surface area contributed by atoms with E-state index in [1.807, 2.05) is 24.6 Å². The van der Waals surface area contributed by atoms with E-state index >= 15 is 0 Å². The predicted molar refractivity (Wildman–Crippen MR) is 133 cm³/mol. The number of H-pyrrole nitrogens is 1. The van der Waals surface area contributed by atoms with Crippen molar-refractivity contribution < 1.29 is 4.39 Å². The van der Waals surface area contributed by atoms with Gasteiger partial charge in [0.15, 0.2) is 0 Å². The molecule has 0 radical (unpaired) electrons. The fraction of sp³-hybridized carbons (Fsp3) is 0.292. The molecule has 0 bridgehead atoms. The van der Waals surface area contributed by atoms with E-state index in [9.17, 15) is 4.39 Å². The first kappa shape index (κ1) is 22.4. The number of amidine groups is 1. The molecule has 8 nitrogen and oxygen atoms in total. The van der Waals surface area contributed by atoms with Gasteiger partial charge in [-0.05, 0) is 51.3 Å². The van der Waals surface area contributed by atoms with Gasteiger partial charge < -0.3 is 16.8 Å². The quantitative estimate of drug-likeness (QED) is 0.248. The molecule has 0 amide bonds. The number of benzene rings is 1. The third-order valence-electron chi connectivity index (χ3n) is 6.30. The molecule has 176 valence electrons. The molecule has 10 heteroatoms. The van der Waals surface area contributed by atoms with Crippen LogP contribution in [-0.2, 0) is 0 Å². The average Bonchev–Trinajstić information content (AvgIpc) is 3.49. The van der Waals surface area contributed by atoms with Crippen LogP contribution in [0.2, 0.25) is 5.02 Å². The van der Waals surface area contributed by atoms with Crippen molar-refractivity contribution in [2.45, 2.75) is 45.2 Å². The molecule has 0 aliphatic heterocycles. The van der Waals surface area contributed by atoms with Crippen molar-refractivity contribution in [3.8, 4) is 11.1 Å². The van der Waals surface area contributed by atoms with E-state index in [0.717, 1.165) is 53.0 Å². The molecule has 1 aliphatic carbocycles. The van der Waals surface area contributed by atoms with Crippen molar-refractivity contribution in [1.82, 2.24) is 19.8 Å². The third kappa shape index (κ3) is 4.12. The summed E-state index contributed by atoms with van der Waals surface area (Å²) >= 11 is 6.22. The minimum absolute atomic E-state index is 0.162. The fourth-order valence-corrected chi connectivity index (χ4v) is 4.79. The number of aliphatic imine (C=N–C) groups is 1. The molecule has 0 spiro atoms. The number of halogens is 2. The molecule has 0 saturated heterocycles. The maximum Gasteiger partial charge on any atom is 0.135 e. The summed E-state index contributed by atoms with van der Waals surface area (Å²) in [6.07, 6.45) is 6.39. The van der Waals surface area contributed by atoms with E-state index in [-0.39, 0.29) is 23.6 Å². The van der Waals surface area contributed by atoms with E-state index in [1.165, 1.54) is 18.2 Å². The van der Waals surface area contributed by atoms with Gasteiger partial charge in [0.2, 0.25) is 0 Å². The topological polar surface area (TPSA) is 122 Å². The van der Waals surface area contributed by atoms with Crippen LogP contribution >= 0.6 is 11.6 Å². The highest BCUT2D eigenvalue weighted by Gasteiger charge is 2.25. The number of nitrogens with two attached hydrogens (primary N) is 2. The molecule has 2 atom stereocenters. The Balaban J connectivity index is 1.65. The van der Waals surface area contributed by atoms with Crippen LogP contribution < -0.4 is 16.8 Å². The highest BCUT2D eigenvalue weighted by atomic mass is 35.5. The molecule has 34 heavy (non-hydrogen) atoms. The second-order valence-electron chi connectivity index (χ2n) is 8.81. The monoisotopic (exact) mass is 480 g/mol. The van der Waals surface area contributed by atoms with Crippen LogP contribution in [0.5, 0.6) is 0 Å². The number of rotatable bonds is 5. The summed E-state index contributed by atoms with van der Waals surface area (Å²) in [5.41, 5.74) is 19.0. The van der Waals surface area contributed by atoms with Gasteiger partial charge >= 0.3 is 0 Å². The number of anilines is 1. The zero-order valence-electron chi connectivity index (χ0n) is 18.9. The third-order valence-corrected chi connectivity index (χ3v) is 6.62. The second kappa shape index (κ2) is 8.73. The SMILES string of the molecule is Cc1n[nH]c(C)c1-c1cc2c(N[C@@H]3CC[C@H](N)C3)c(/C(N)=N/c3cc(F)ccc3Cl)cnn2c1. The molecule has 1 saturated carbocycles. The van der Waals surface area contributed by atoms with Gasteiger partial charge in [-0.3, -0.25) is 5.10 Å². The van der Waals surface area contributed by atoms with Gasteiger partial charge in [-0.1, -0.05) is 11.6 Å². The van der Waals surface area contributed by atoms with Crippen molar-refractivity contribution >= 4 is 34.3 Å². The largest absolute Gasteiger partial charge is 0.383 e. The van der Waals surface area contributed by atoms with Crippen LogP contribution in [0.4, 0.5) is 15.8 Å². The predicted octanol–water partition coefficient (Wildman–Crippen LogP) is 4.46. The Kier molecular flexibility index (Phi) is 5.75. The molecule has 1 aromatic carbocycles. The summed E-state index contributed by atoms with van der Waals surface area (Å²) in [6.45, 7) is 3.95. The Morgan fingerprint density at radius 2 is 2.12 bits per heavy atom. The van der Waals surface area contributed by atoms with Crippen LogP contribution in [0.3, 0.4) is 0 Å². The standard InChI is InChI=1S/C24H26ClFN8/c1-12-22(13(2)33-32-12)14-7-21-23(30-17-5-4-16(27)9-17)18(10-29-34(21)11-14)24(28)31-20-8-15(26)3-6-19(20)25/h3,6-8,10-11,16-17,30H,4-5,9,27H2,1-2H3,(H2,28,31)(H,32,33)/t16-,17+/m0/s1. The lowest BCUT2D eigenvalue weighted by molar-refractivity contribution is 0.628. The first-order chi connectivity index (χ1) is 16.3.